The van der Waals surface area contributed by atoms with Crippen molar-refractivity contribution in [2.24, 2.45) is 4.99 Å². The zero-order chi connectivity index (χ0) is 19.9. The van der Waals surface area contributed by atoms with E-state index in [1.807, 2.05) is 6.07 Å². The number of fused-ring (bicyclic) bond motifs is 1. The number of aromatic nitrogens is 1. The standard InChI is InChI=1S/C21H25N5O2/c1-3-16-7-5-9-19-17(14-24-20(16)19)10-11-23-21(22-2)25-13-15-6-4-8-18(12-15)26(27)28/h4-9,12,14,24H,3,10-11,13H2,1-2H3,(H2,22,23,25). The monoisotopic (exact) mass is 379 g/mol. The Morgan fingerprint density at radius 1 is 1.18 bits per heavy atom. The van der Waals surface area contributed by atoms with Gasteiger partial charge in [-0.05, 0) is 29.5 Å². The van der Waals surface area contributed by atoms with Gasteiger partial charge in [-0.25, -0.2) is 0 Å². The van der Waals surface area contributed by atoms with Crippen molar-refractivity contribution in [3.63, 3.8) is 0 Å². The Bertz CT molecular complexity index is 993. The van der Waals surface area contributed by atoms with E-state index in [-0.39, 0.29) is 10.6 Å². The molecule has 0 atom stereocenters. The highest BCUT2D eigenvalue weighted by Crippen LogP contribution is 2.22. The first-order valence-corrected chi connectivity index (χ1v) is 9.38. The van der Waals surface area contributed by atoms with Crippen LogP contribution in [0, 0.1) is 10.1 Å². The summed E-state index contributed by atoms with van der Waals surface area (Å²) >= 11 is 0. The number of nitrogens with zero attached hydrogens (tertiary/aromatic N) is 2. The normalized spacial score (nSPS) is 11.6. The number of H-pyrrole nitrogens is 1. The minimum Gasteiger partial charge on any atom is -0.361 e. The molecule has 0 radical (unpaired) electrons. The Balaban J connectivity index is 1.55. The maximum atomic E-state index is 10.9. The van der Waals surface area contributed by atoms with Gasteiger partial charge in [-0.15, -0.1) is 0 Å². The number of nitro groups is 1. The summed E-state index contributed by atoms with van der Waals surface area (Å²) in [5.74, 6) is 0.667. The van der Waals surface area contributed by atoms with Crippen LogP contribution in [0.2, 0.25) is 0 Å². The molecule has 0 saturated carbocycles. The van der Waals surface area contributed by atoms with Crippen molar-refractivity contribution in [3.8, 4) is 0 Å². The van der Waals surface area contributed by atoms with Gasteiger partial charge in [0, 0.05) is 49.4 Å². The quantitative estimate of drug-likeness (QED) is 0.253. The summed E-state index contributed by atoms with van der Waals surface area (Å²) in [5.41, 5.74) is 4.74. The Labute approximate surface area is 164 Å². The number of hydrogen-bond donors (Lipinski definition) is 3. The van der Waals surface area contributed by atoms with Gasteiger partial charge in [-0.3, -0.25) is 15.1 Å². The van der Waals surface area contributed by atoms with Crippen molar-refractivity contribution in [3.05, 3.63) is 75.5 Å². The van der Waals surface area contributed by atoms with Crippen LogP contribution in [0.4, 0.5) is 5.69 Å². The summed E-state index contributed by atoms with van der Waals surface area (Å²) in [6.45, 7) is 3.36. The highest BCUT2D eigenvalue weighted by molar-refractivity contribution is 5.86. The molecule has 0 bridgehead atoms. The molecule has 0 amide bonds. The fraction of sp³-hybridized carbons (Fsp3) is 0.286. The molecule has 0 unspecified atom stereocenters. The van der Waals surface area contributed by atoms with Crippen molar-refractivity contribution in [1.82, 2.24) is 15.6 Å². The molecule has 1 heterocycles. The molecular weight excluding hydrogens is 354 g/mol. The zero-order valence-electron chi connectivity index (χ0n) is 16.2. The molecule has 7 nitrogen and oxygen atoms in total. The molecule has 7 heteroatoms. The molecule has 0 aliphatic carbocycles. The Morgan fingerprint density at radius 3 is 2.75 bits per heavy atom. The Hall–Kier alpha value is -3.35. The van der Waals surface area contributed by atoms with Crippen LogP contribution in [0.25, 0.3) is 10.9 Å². The summed E-state index contributed by atoms with van der Waals surface area (Å²) in [7, 11) is 1.71. The van der Waals surface area contributed by atoms with Gasteiger partial charge in [-0.1, -0.05) is 37.3 Å². The number of benzene rings is 2. The maximum Gasteiger partial charge on any atom is 0.269 e. The van der Waals surface area contributed by atoms with Crippen LogP contribution < -0.4 is 10.6 Å². The van der Waals surface area contributed by atoms with Gasteiger partial charge < -0.3 is 15.6 Å². The number of aliphatic imine (C=N–C) groups is 1. The van der Waals surface area contributed by atoms with E-state index in [4.69, 9.17) is 0 Å². The molecule has 0 aliphatic rings. The molecule has 0 fully saturated rings. The lowest BCUT2D eigenvalue weighted by molar-refractivity contribution is -0.384. The SMILES string of the molecule is CCc1cccc2c(CCNC(=NC)NCc3cccc([N+](=O)[O-])c3)c[nH]c12. The first kappa shape index (κ1) is 19.4. The minimum absolute atomic E-state index is 0.0908. The molecule has 28 heavy (non-hydrogen) atoms. The van der Waals surface area contributed by atoms with Crippen molar-refractivity contribution in [1.29, 1.82) is 0 Å². The summed E-state index contributed by atoms with van der Waals surface area (Å²) in [6, 6.07) is 13.0. The highest BCUT2D eigenvalue weighted by atomic mass is 16.6. The predicted molar refractivity (Wildman–Crippen MR) is 113 cm³/mol. The van der Waals surface area contributed by atoms with Crippen LogP contribution in [0.5, 0.6) is 0 Å². The van der Waals surface area contributed by atoms with Crippen LogP contribution in [0.15, 0.2) is 53.7 Å². The maximum absolute atomic E-state index is 10.9. The van der Waals surface area contributed by atoms with Crippen LogP contribution >= 0.6 is 0 Å². The van der Waals surface area contributed by atoms with Crippen LogP contribution in [-0.2, 0) is 19.4 Å². The number of hydrogen-bond acceptors (Lipinski definition) is 3. The number of nitro benzene ring substituents is 1. The third-order valence-corrected chi connectivity index (χ3v) is 4.76. The van der Waals surface area contributed by atoms with E-state index in [0.717, 1.165) is 24.9 Å². The van der Waals surface area contributed by atoms with Crippen molar-refractivity contribution in [2.75, 3.05) is 13.6 Å². The van der Waals surface area contributed by atoms with E-state index < -0.39 is 0 Å². The van der Waals surface area contributed by atoms with Gasteiger partial charge in [-0.2, -0.15) is 0 Å². The Kier molecular flexibility index (Phi) is 6.26. The molecule has 0 spiro atoms. The van der Waals surface area contributed by atoms with Gasteiger partial charge >= 0.3 is 0 Å². The van der Waals surface area contributed by atoms with Gasteiger partial charge in [0.25, 0.3) is 5.69 Å². The molecule has 146 valence electrons. The largest absolute Gasteiger partial charge is 0.361 e. The number of rotatable bonds is 7. The predicted octanol–water partition coefficient (Wildman–Crippen LogP) is 3.55. The first-order chi connectivity index (χ1) is 13.6. The van der Waals surface area contributed by atoms with Crippen molar-refractivity contribution >= 4 is 22.5 Å². The molecule has 2 aromatic carbocycles. The van der Waals surface area contributed by atoms with Crippen LogP contribution in [0.1, 0.15) is 23.6 Å². The minimum atomic E-state index is -0.387. The van der Waals surface area contributed by atoms with E-state index in [1.165, 1.54) is 28.1 Å². The summed E-state index contributed by atoms with van der Waals surface area (Å²) in [6.07, 6.45) is 3.94. The van der Waals surface area contributed by atoms with Gasteiger partial charge in [0.05, 0.1) is 4.92 Å². The second-order valence-corrected chi connectivity index (χ2v) is 6.54. The van der Waals surface area contributed by atoms with Crippen LogP contribution in [-0.4, -0.2) is 29.5 Å². The number of nitrogens with one attached hydrogen (secondary N) is 3. The van der Waals surface area contributed by atoms with E-state index >= 15 is 0 Å². The molecule has 3 rings (SSSR count). The molecular formula is C21H25N5O2. The number of aryl methyl sites for hydroxylation is 1. The average Bonchev–Trinajstić information content (AvgIpc) is 3.14. The van der Waals surface area contributed by atoms with Gasteiger partial charge in [0.15, 0.2) is 5.96 Å². The molecule has 3 N–H and O–H groups in total. The highest BCUT2D eigenvalue weighted by Gasteiger charge is 2.08. The fourth-order valence-corrected chi connectivity index (χ4v) is 3.28. The average molecular weight is 379 g/mol. The Morgan fingerprint density at radius 2 is 2.00 bits per heavy atom. The molecule has 3 aromatic rings. The smallest absolute Gasteiger partial charge is 0.269 e. The third kappa shape index (κ3) is 4.49. The molecule has 0 saturated heterocycles. The van der Waals surface area contributed by atoms with E-state index in [1.54, 1.807) is 19.2 Å². The molecule has 0 aliphatic heterocycles. The zero-order valence-corrected chi connectivity index (χ0v) is 16.2. The van der Waals surface area contributed by atoms with E-state index in [2.05, 4.69) is 51.9 Å². The summed E-state index contributed by atoms with van der Waals surface area (Å²) in [5, 5.41) is 18.6. The van der Waals surface area contributed by atoms with Gasteiger partial charge in [0.2, 0.25) is 0 Å². The lowest BCUT2D eigenvalue weighted by Gasteiger charge is -2.12. The second kappa shape index (κ2) is 9.03. The number of aromatic amines is 1. The van der Waals surface area contributed by atoms with E-state index in [9.17, 15) is 10.1 Å². The number of guanidine groups is 1. The van der Waals surface area contributed by atoms with E-state index in [0.29, 0.717) is 12.5 Å². The topological polar surface area (TPSA) is 95.3 Å². The van der Waals surface area contributed by atoms with Gasteiger partial charge in [0.1, 0.15) is 0 Å². The first-order valence-electron chi connectivity index (χ1n) is 9.38. The fourth-order valence-electron chi connectivity index (χ4n) is 3.28. The number of non-ortho nitro benzene ring substituents is 1. The van der Waals surface area contributed by atoms with Crippen molar-refractivity contribution < 1.29 is 4.92 Å². The second-order valence-electron chi connectivity index (χ2n) is 6.54. The van der Waals surface area contributed by atoms with Crippen LogP contribution in [0.3, 0.4) is 0 Å². The summed E-state index contributed by atoms with van der Waals surface area (Å²) < 4.78 is 0. The van der Waals surface area contributed by atoms with Crippen molar-refractivity contribution in [2.45, 2.75) is 26.3 Å². The summed E-state index contributed by atoms with van der Waals surface area (Å²) in [4.78, 5) is 18.1. The third-order valence-electron chi connectivity index (χ3n) is 4.76. The lowest BCUT2D eigenvalue weighted by atomic mass is 10.1. The molecule has 1 aromatic heterocycles. The lowest BCUT2D eigenvalue weighted by Crippen LogP contribution is -2.37. The number of para-hydroxylation sites is 1.